The van der Waals surface area contributed by atoms with Crippen molar-refractivity contribution in [2.75, 3.05) is 5.32 Å². The SMILES string of the molecule is CC(=O)Nc1c(-c2ccc(F)cc2)cccc1-c1ccc(F)cc1. The molecule has 0 heterocycles. The second-order valence-corrected chi connectivity index (χ2v) is 5.42. The minimum absolute atomic E-state index is 0.215. The maximum atomic E-state index is 13.2. The van der Waals surface area contributed by atoms with Crippen LogP contribution in [0.1, 0.15) is 6.92 Å². The molecule has 0 spiro atoms. The molecule has 1 amide bonds. The fraction of sp³-hybridized carbons (Fsp3) is 0.0500. The number of hydrogen-bond acceptors (Lipinski definition) is 1. The Morgan fingerprint density at radius 2 is 1.17 bits per heavy atom. The molecule has 24 heavy (non-hydrogen) atoms. The Morgan fingerprint density at radius 3 is 1.54 bits per heavy atom. The summed E-state index contributed by atoms with van der Waals surface area (Å²) >= 11 is 0. The molecule has 0 atom stereocenters. The van der Waals surface area contributed by atoms with E-state index in [9.17, 15) is 13.6 Å². The van der Waals surface area contributed by atoms with Crippen molar-refractivity contribution in [1.29, 1.82) is 0 Å². The van der Waals surface area contributed by atoms with Crippen molar-refractivity contribution in [2.45, 2.75) is 6.92 Å². The minimum Gasteiger partial charge on any atom is -0.325 e. The van der Waals surface area contributed by atoms with Gasteiger partial charge < -0.3 is 5.32 Å². The van der Waals surface area contributed by atoms with Crippen molar-refractivity contribution in [3.05, 3.63) is 78.4 Å². The highest BCUT2D eigenvalue weighted by molar-refractivity contribution is 6.00. The van der Waals surface area contributed by atoms with E-state index in [4.69, 9.17) is 0 Å². The summed E-state index contributed by atoms with van der Waals surface area (Å²) < 4.78 is 26.4. The van der Waals surface area contributed by atoms with Crippen LogP contribution in [0, 0.1) is 11.6 Å². The minimum atomic E-state index is -0.325. The fourth-order valence-electron chi connectivity index (χ4n) is 2.60. The molecule has 4 heteroatoms. The van der Waals surface area contributed by atoms with Crippen LogP contribution in [0.5, 0.6) is 0 Å². The average Bonchev–Trinajstić information content (AvgIpc) is 2.56. The van der Waals surface area contributed by atoms with Gasteiger partial charge in [0.2, 0.25) is 5.91 Å². The van der Waals surface area contributed by atoms with E-state index in [2.05, 4.69) is 5.32 Å². The van der Waals surface area contributed by atoms with E-state index in [0.29, 0.717) is 5.69 Å². The molecule has 0 aliphatic carbocycles. The van der Waals surface area contributed by atoms with Crippen molar-refractivity contribution in [1.82, 2.24) is 0 Å². The van der Waals surface area contributed by atoms with Crippen molar-refractivity contribution in [3.8, 4) is 22.3 Å². The zero-order valence-electron chi connectivity index (χ0n) is 13.0. The molecule has 2 nitrogen and oxygen atoms in total. The van der Waals surface area contributed by atoms with E-state index in [0.717, 1.165) is 22.3 Å². The molecule has 120 valence electrons. The van der Waals surface area contributed by atoms with Crippen LogP contribution in [-0.2, 0) is 4.79 Å². The topological polar surface area (TPSA) is 29.1 Å². The first kappa shape index (κ1) is 15.9. The van der Waals surface area contributed by atoms with Crippen LogP contribution < -0.4 is 5.32 Å². The van der Waals surface area contributed by atoms with Gasteiger partial charge in [-0.3, -0.25) is 4.79 Å². The largest absolute Gasteiger partial charge is 0.325 e. The van der Waals surface area contributed by atoms with Crippen LogP contribution in [0.25, 0.3) is 22.3 Å². The number of anilines is 1. The van der Waals surface area contributed by atoms with Gasteiger partial charge in [-0.25, -0.2) is 8.78 Å². The molecule has 0 aliphatic heterocycles. The molecular weight excluding hydrogens is 308 g/mol. The van der Waals surface area contributed by atoms with Gasteiger partial charge in [0.05, 0.1) is 5.69 Å². The lowest BCUT2D eigenvalue weighted by Crippen LogP contribution is -2.08. The summed E-state index contributed by atoms with van der Waals surface area (Å²) in [6.45, 7) is 1.43. The van der Waals surface area contributed by atoms with Crippen molar-refractivity contribution < 1.29 is 13.6 Å². The monoisotopic (exact) mass is 323 g/mol. The van der Waals surface area contributed by atoms with Gasteiger partial charge in [0.25, 0.3) is 0 Å². The Bertz CT molecular complexity index is 807. The summed E-state index contributed by atoms with van der Waals surface area (Å²) in [6.07, 6.45) is 0. The second kappa shape index (κ2) is 6.62. The molecule has 0 unspecified atom stereocenters. The van der Waals surface area contributed by atoms with E-state index < -0.39 is 0 Å². The average molecular weight is 323 g/mol. The zero-order valence-corrected chi connectivity index (χ0v) is 13.0. The Labute approximate surface area is 138 Å². The number of rotatable bonds is 3. The van der Waals surface area contributed by atoms with E-state index >= 15 is 0 Å². The molecule has 3 aromatic carbocycles. The number of carbonyl (C=O) groups is 1. The first-order valence-electron chi connectivity index (χ1n) is 7.47. The Balaban J connectivity index is 2.19. The van der Waals surface area contributed by atoms with E-state index in [1.54, 1.807) is 24.3 Å². The van der Waals surface area contributed by atoms with Gasteiger partial charge in [-0.1, -0.05) is 42.5 Å². The van der Waals surface area contributed by atoms with Crippen LogP contribution in [0.15, 0.2) is 66.7 Å². The highest BCUT2D eigenvalue weighted by Crippen LogP contribution is 2.37. The molecule has 0 aliphatic rings. The number of amides is 1. The van der Waals surface area contributed by atoms with Crippen LogP contribution in [0.3, 0.4) is 0 Å². The smallest absolute Gasteiger partial charge is 0.221 e. The normalized spacial score (nSPS) is 10.5. The lowest BCUT2D eigenvalue weighted by molar-refractivity contribution is -0.114. The lowest BCUT2D eigenvalue weighted by atomic mass is 9.96. The van der Waals surface area contributed by atoms with Crippen molar-refractivity contribution in [2.24, 2.45) is 0 Å². The maximum absolute atomic E-state index is 13.2. The van der Waals surface area contributed by atoms with Gasteiger partial charge in [0.1, 0.15) is 11.6 Å². The summed E-state index contributed by atoms with van der Waals surface area (Å²) in [5, 5.41) is 2.84. The van der Waals surface area contributed by atoms with Crippen LogP contribution in [0.4, 0.5) is 14.5 Å². The van der Waals surface area contributed by atoms with Gasteiger partial charge in [0, 0.05) is 18.1 Å². The summed E-state index contributed by atoms with van der Waals surface area (Å²) in [6, 6.07) is 17.7. The number of hydrogen-bond donors (Lipinski definition) is 1. The molecule has 0 radical (unpaired) electrons. The predicted molar refractivity (Wildman–Crippen MR) is 91.5 cm³/mol. The number of carbonyl (C=O) groups excluding carboxylic acids is 1. The fourth-order valence-corrected chi connectivity index (χ4v) is 2.60. The van der Waals surface area contributed by atoms with Crippen molar-refractivity contribution >= 4 is 11.6 Å². The molecule has 0 bridgehead atoms. The van der Waals surface area contributed by atoms with E-state index in [1.165, 1.54) is 31.2 Å². The number of benzene rings is 3. The van der Waals surface area contributed by atoms with Crippen LogP contribution >= 0.6 is 0 Å². The van der Waals surface area contributed by atoms with Crippen LogP contribution in [-0.4, -0.2) is 5.91 Å². The molecule has 3 rings (SSSR count). The molecule has 0 fully saturated rings. The number of para-hydroxylation sites is 1. The summed E-state index contributed by atoms with van der Waals surface area (Å²) in [5.41, 5.74) is 3.72. The highest BCUT2D eigenvalue weighted by Gasteiger charge is 2.13. The van der Waals surface area contributed by atoms with Gasteiger partial charge in [0.15, 0.2) is 0 Å². The summed E-state index contributed by atoms with van der Waals surface area (Å²) in [5.74, 6) is -0.864. The van der Waals surface area contributed by atoms with Crippen molar-refractivity contribution in [3.63, 3.8) is 0 Å². The third-order valence-corrected chi connectivity index (χ3v) is 3.68. The van der Waals surface area contributed by atoms with Gasteiger partial charge in [-0.05, 0) is 35.4 Å². The van der Waals surface area contributed by atoms with E-state index in [-0.39, 0.29) is 17.5 Å². The van der Waals surface area contributed by atoms with E-state index in [1.807, 2.05) is 18.2 Å². The molecule has 0 saturated carbocycles. The summed E-state index contributed by atoms with van der Waals surface area (Å²) in [7, 11) is 0. The predicted octanol–water partition coefficient (Wildman–Crippen LogP) is 5.26. The Hall–Kier alpha value is -3.01. The first-order valence-corrected chi connectivity index (χ1v) is 7.47. The third kappa shape index (κ3) is 3.33. The number of nitrogens with one attached hydrogen (secondary N) is 1. The zero-order chi connectivity index (χ0) is 17.1. The van der Waals surface area contributed by atoms with Gasteiger partial charge >= 0.3 is 0 Å². The molecule has 0 aromatic heterocycles. The Kier molecular flexibility index (Phi) is 4.38. The lowest BCUT2D eigenvalue weighted by Gasteiger charge is -2.16. The Morgan fingerprint density at radius 1 is 0.750 bits per heavy atom. The first-order chi connectivity index (χ1) is 11.5. The van der Waals surface area contributed by atoms with Crippen LogP contribution in [0.2, 0.25) is 0 Å². The molecule has 3 aromatic rings. The molecule has 0 saturated heterocycles. The third-order valence-electron chi connectivity index (χ3n) is 3.68. The quantitative estimate of drug-likeness (QED) is 0.700. The van der Waals surface area contributed by atoms with Gasteiger partial charge in [-0.2, -0.15) is 0 Å². The summed E-state index contributed by atoms with van der Waals surface area (Å²) in [4.78, 5) is 11.7. The standard InChI is InChI=1S/C20H15F2NO/c1-13(24)23-20-18(14-5-9-16(21)10-6-14)3-2-4-19(20)15-7-11-17(22)12-8-15/h2-12H,1H3,(H,23,24). The molecule has 1 N–H and O–H groups in total. The number of halogens is 2. The van der Waals surface area contributed by atoms with Gasteiger partial charge in [-0.15, -0.1) is 0 Å². The second-order valence-electron chi connectivity index (χ2n) is 5.42. The molecular formula is C20H15F2NO. The highest BCUT2D eigenvalue weighted by atomic mass is 19.1. The maximum Gasteiger partial charge on any atom is 0.221 e.